The van der Waals surface area contributed by atoms with E-state index in [-0.39, 0.29) is 6.10 Å². The van der Waals surface area contributed by atoms with E-state index in [4.69, 9.17) is 14.7 Å². The van der Waals surface area contributed by atoms with Crippen molar-refractivity contribution in [2.45, 2.75) is 25.9 Å². The molecule has 94 valence electrons. The molecule has 0 aromatic rings. The normalized spacial score (nSPS) is 17.9. The van der Waals surface area contributed by atoms with Crippen LogP contribution in [0.4, 0.5) is 0 Å². The molecule has 1 rings (SSSR count). The molecule has 0 bridgehead atoms. The Kier molecular flexibility index (Phi) is 7.42. The van der Waals surface area contributed by atoms with Crippen LogP contribution in [0.2, 0.25) is 0 Å². The number of hydrogen-bond acceptors (Lipinski definition) is 3. The quantitative estimate of drug-likeness (QED) is 0.523. The first-order chi connectivity index (χ1) is 8.33. The number of nitriles is 1. The highest BCUT2D eigenvalue weighted by Gasteiger charge is 2.11. The summed E-state index contributed by atoms with van der Waals surface area (Å²) in [4.78, 5) is 1.50. The molecule has 0 aromatic carbocycles. The molecule has 4 nitrogen and oxygen atoms in total. The maximum Gasteiger partial charge on any atom is 0.139 e. The Morgan fingerprint density at radius 1 is 1.35 bits per heavy atom. The third-order valence-electron chi connectivity index (χ3n) is 2.67. The van der Waals surface area contributed by atoms with Crippen LogP contribution < -0.4 is 4.90 Å². The van der Waals surface area contributed by atoms with Crippen molar-refractivity contribution in [2.24, 2.45) is 0 Å². The molecule has 0 amide bonds. The van der Waals surface area contributed by atoms with E-state index in [1.165, 1.54) is 4.90 Å². The minimum absolute atomic E-state index is 0.121. The lowest BCUT2D eigenvalue weighted by Gasteiger charge is -2.21. The van der Waals surface area contributed by atoms with Gasteiger partial charge in [0.15, 0.2) is 0 Å². The van der Waals surface area contributed by atoms with Gasteiger partial charge in [-0.3, -0.25) is 0 Å². The van der Waals surface area contributed by atoms with Crippen LogP contribution in [0.5, 0.6) is 0 Å². The van der Waals surface area contributed by atoms with Crippen molar-refractivity contribution in [1.82, 2.24) is 0 Å². The first kappa shape index (κ1) is 14.0. The van der Waals surface area contributed by atoms with Gasteiger partial charge in [-0.1, -0.05) is 5.92 Å². The topological polar surface area (TPSA) is 46.7 Å². The van der Waals surface area contributed by atoms with Crippen molar-refractivity contribution in [3.8, 4) is 17.9 Å². The van der Waals surface area contributed by atoms with Crippen LogP contribution >= 0.6 is 0 Å². The third-order valence-corrected chi connectivity index (χ3v) is 2.67. The van der Waals surface area contributed by atoms with Gasteiger partial charge in [-0.15, -0.1) is 0 Å². The SMILES string of the molecule is C[C@@H](CC#CC[NH+]1CCOCC1)OCCC#N. The fourth-order valence-corrected chi connectivity index (χ4v) is 1.60. The molecule has 0 saturated carbocycles. The Bertz CT molecular complexity index is 295. The maximum atomic E-state index is 8.37. The highest BCUT2D eigenvalue weighted by Crippen LogP contribution is 1.96. The van der Waals surface area contributed by atoms with Crippen LogP contribution in [0.25, 0.3) is 0 Å². The number of ether oxygens (including phenoxy) is 2. The van der Waals surface area contributed by atoms with Gasteiger partial charge in [0.05, 0.1) is 38.4 Å². The summed E-state index contributed by atoms with van der Waals surface area (Å²) >= 11 is 0. The van der Waals surface area contributed by atoms with Gasteiger partial charge in [-0.25, -0.2) is 0 Å². The number of nitrogens with one attached hydrogen (secondary N) is 1. The second-order valence-corrected chi connectivity index (χ2v) is 4.19. The number of quaternary nitrogens is 1. The number of rotatable bonds is 5. The fourth-order valence-electron chi connectivity index (χ4n) is 1.60. The van der Waals surface area contributed by atoms with Crippen LogP contribution in [0, 0.1) is 23.2 Å². The average Bonchev–Trinajstić information content (AvgIpc) is 2.36. The van der Waals surface area contributed by atoms with E-state index in [1.807, 2.05) is 6.92 Å². The molecule has 4 heteroatoms. The first-order valence-corrected chi connectivity index (χ1v) is 6.18. The lowest BCUT2D eigenvalue weighted by Crippen LogP contribution is -3.14. The molecule has 0 aliphatic carbocycles. The summed E-state index contributed by atoms with van der Waals surface area (Å²) < 4.78 is 10.7. The van der Waals surface area contributed by atoms with Gasteiger partial charge in [0, 0.05) is 6.42 Å². The monoisotopic (exact) mass is 237 g/mol. The lowest BCUT2D eigenvalue weighted by atomic mass is 10.3. The summed E-state index contributed by atoms with van der Waals surface area (Å²) in [6.07, 6.45) is 1.32. The van der Waals surface area contributed by atoms with Crippen molar-refractivity contribution in [3.63, 3.8) is 0 Å². The Morgan fingerprint density at radius 2 is 2.12 bits per heavy atom. The number of hydrogen-bond donors (Lipinski definition) is 1. The molecule has 1 aliphatic rings. The molecule has 1 aliphatic heterocycles. The van der Waals surface area contributed by atoms with E-state index in [9.17, 15) is 0 Å². The van der Waals surface area contributed by atoms with Gasteiger partial charge in [0.1, 0.15) is 19.6 Å². The first-order valence-electron chi connectivity index (χ1n) is 6.18. The molecule has 0 spiro atoms. The van der Waals surface area contributed by atoms with Crippen molar-refractivity contribution < 1.29 is 14.4 Å². The molecule has 1 heterocycles. The van der Waals surface area contributed by atoms with E-state index in [2.05, 4.69) is 17.9 Å². The summed E-state index contributed by atoms with van der Waals surface area (Å²) in [5.41, 5.74) is 0. The van der Waals surface area contributed by atoms with Crippen molar-refractivity contribution in [2.75, 3.05) is 39.5 Å². The average molecular weight is 237 g/mol. The minimum atomic E-state index is 0.121. The Hall–Kier alpha value is -1.07. The molecule has 0 aromatic heterocycles. The molecule has 1 saturated heterocycles. The second kappa shape index (κ2) is 9.01. The fraction of sp³-hybridized carbons (Fsp3) is 0.769. The number of nitrogens with zero attached hydrogens (tertiary/aromatic N) is 1. The van der Waals surface area contributed by atoms with E-state index < -0.39 is 0 Å². The van der Waals surface area contributed by atoms with Crippen LogP contribution in [-0.4, -0.2) is 45.6 Å². The van der Waals surface area contributed by atoms with Crippen LogP contribution in [0.15, 0.2) is 0 Å². The zero-order valence-electron chi connectivity index (χ0n) is 10.5. The molecular weight excluding hydrogens is 216 g/mol. The largest absolute Gasteiger partial charge is 0.376 e. The number of morpholine rings is 1. The summed E-state index contributed by atoms with van der Waals surface area (Å²) in [5, 5.41) is 8.37. The summed E-state index contributed by atoms with van der Waals surface area (Å²) in [7, 11) is 0. The summed E-state index contributed by atoms with van der Waals surface area (Å²) in [6, 6.07) is 2.06. The highest BCUT2D eigenvalue weighted by molar-refractivity contribution is 4.99. The molecule has 0 radical (unpaired) electrons. The highest BCUT2D eigenvalue weighted by atomic mass is 16.5. The lowest BCUT2D eigenvalue weighted by molar-refractivity contribution is -0.900. The standard InChI is InChI=1S/C13H20N2O2/c1-13(17-10-4-6-14)5-2-3-7-15-8-11-16-12-9-15/h13H,4-5,7-12H2,1H3/p+1/t13-/m0/s1. The van der Waals surface area contributed by atoms with Gasteiger partial charge < -0.3 is 14.4 Å². The van der Waals surface area contributed by atoms with Crippen molar-refractivity contribution in [3.05, 3.63) is 0 Å². The van der Waals surface area contributed by atoms with E-state index in [1.54, 1.807) is 0 Å². The van der Waals surface area contributed by atoms with Crippen LogP contribution in [0.1, 0.15) is 19.8 Å². The summed E-state index contributed by atoms with van der Waals surface area (Å²) in [6.45, 7) is 7.22. The molecule has 1 fully saturated rings. The van der Waals surface area contributed by atoms with Gasteiger partial charge in [-0.2, -0.15) is 5.26 Å². The molecule has 17 heavy (non-hydrogen) atoms. The molecular formula is C13H21N2O2+. The van der Waals surface area contributed by atoms with Crippen LogP contribution in [-0.2, 0) is 9.47 Å². The third kappa shape index (κ3) is 6.97. The maximum absolute atomic E-state index is 8.37. The Balaban J connectivity index is 2.06. The molecule has 1 atom stereocenters. The van der Waals surface area contributed by atoms with Gasteiger partial charge in [0.2, 0.25) is 0 Å². The predicted octanol–water partition coefficient (Wildman–Crippen LogP) is -0.386. The van der Waals surface area contributed by atoms with Gasteiger partial charge >= 0.3 is 0 Å². The Morgan fingerprint density at radius 3 is 2.82 bits per heavy atom. The minimum Gasteiger partial charge on any atom is -0.376 e. The molecule has 1 N–H and O–H groups in total. The second-order valence-electron chi connectivity index (χ2n) is 4.19. The predicted molar refractivity (Wildman–Crippen MR) is 64.4 cm³/mol. The van der Waals surface area contributed by atoms with E-state index >= 15 is 0 Å². The van der Waals surface area contributed by atoms with E-state index in [0.29, 0.717) is 13.0 Å². The molecule has 0 unspecified atom stereocenters. The Labute approximate surface area is 103 Å². The van der Waals surface area contributed by atoms with Gasteiger partial charge in [0.25, 0.3) is 0 Å². The van der Waals surface area contributed by atoms with E-state index in [0.717, 1.165) is 39.3 Å². The summed E-state index contributed by atoms with van der Waals surface area (Å²) in [5.74, 6) is 6.33. The van der Waals surface area contributed by atoms with Crippen molar-refractivity contribution >= 4 is 0 Å². The van der Waals surface area contributed by atoms with Gasteiger partial charge in [-0.05, 0) is 12.8 Å². The zero-order valence-corrected chi connectivity index (χ0v) is 10.5. The van der Waals surface area contributed by atoms with Crippen LogP contribution in [0.3, 0.4) is 0 Å². The van der Waals surface area contributed by atoms with Crippen molar-refractivity contribution in [1.29, 1.82) is 5.26 Å². The zero-order chi connectivity index (χ0) is 12.3. The smallest absolute Gasteiger partial charge is 0.139 e.